The number of aliphatic carboxylic acids is 1. The van der Waals surface area contributed by atoms with E-state index in [-0.39, 0.29) is 12.3 Å². The standard InChI is InChI=1S/C16H16O3/c1-19-14-9-7-13(8-10-14)15(11-16(17)18)12-5-3-2-4-6-12/h2-10,15H,11H2,1H3,(H,17,18)/t15-/m1/s1. The van der Waals surface area contributed by atoms with E-state index in [2.05, 4.69) is 0 Å². The quantitative estimate of drug-likeness (QED) is 0.892. The van der Waals surface area contributed by atoms with Gasteiger partial charge in [0.1, 0.15) is 5.75 Å². The van der Waals surface area contributed by atoms with Gasteiger partial charge in [-0.3, -0.25) is 4.79 Å². The second kappa shape index (κ2) is 6.05. The summed E-state index contributed by atoms with van der Waals surface area (Å²) >= 11 is 0. The molecule has 0 bridgehead atoms. The Morgan fingerprint density at radius 1 is 1.05 bits per heavy atom. The first kappa shape index (κ1) is 13.1. The van der Waals surface area contributed by atoms with E-state index in [1.807, 2.05) is 54.6 Å². The van der Waals surface area contributed by atoms with Gasteiger partial charge in [-0.2, -0.15) is 0 Å². The monoisotopic (exact) mass is 256 g/mol. The maximum atomic E-state index is 11.1. The Labute approximate surface area is 112 Å². The average molecular weight is 256 g/mol. The molecule has 3 nitrogen and oxygen atoms in total. The first-order valence-corrected chi connectivity index (χ1v) is 6.11. The largest absolute Gasteiger partial charge is 0.497 e. The number of ether oxygens (including phenoxy) is 1. The van der Waals surface area contributed by atoms with E-state index in [0.29, 0.717) is 0 Å². The number of benzene rings is 2. The molecule has 0 spiro atoms. The molecule has 3 heteroatoms. The minimum Gasteiger partial charge on any atom is -0.497 e. The smallest absolute Gasteiger partial charge is 0.304 e. The topological polar surface area (TPSA) is 46.5 Å². The fourth-order valence-corrected chi connectivity index (χ4v) is 2.12. The zero-order valence-corrected chi connectivity index (χ0v) is 10.7. The molecular weight excluding hydrogens is 240 g/mol. The van der Waals surface area contributed by atoms with Crippen LogP contribution in [0.5, 0.6) is 5.75 Å². The van der Waals surface area contributed by atoms with Crippen molar-refractivity contribution in [1.29, 1.82) is 0 Å². The molecular formula is C16H16O3. The van der Waals surface area contributed by atoms with Crippen molar-refractivity contribution in [3.05, 3.63) is 65.7 Å². The average Bonchev–Trinajstić information content (AvgIpc) is 2.46. The van der Waals surface area contributed by atoms with Crippen LogP contribution in [0, 0.1) is 0 Å². The van der Waals surface area contributed by atoms with Crippen LogP contribution in [0.4, 0.5) is 0 Å². The molecule has 2 aromatic carbocycles. The van der Waals surface area contributed by atoms with Crippen molar-refractivity contribution >= 4 is 5.97 Å². The van der Waals surface area contributed by atoms with Crippen LogP contribution >= 0.6 is 0 Å². The molecule has 0 aliphatic heterocycles. The third-order valence-electron chi connectivity index (χ3n) is 3.10. The maximum absolute atomic E-state index is 11.1. The number of rotatable bonds is 5. The second-order valence-corrected chi connectivity index (χ2v) is 4.33. The fourth-order valence-electron chi connectivity index (χ4n) is 2.12. The lowest BCUT2D eigenvalue weighted by atomic mass is 9.88. The Hall–Kier alpha value is -2.29. The van der Waals surface area contributed by atoms with Gasteiger partial charge in [-0.05, 0) is 23.3 Å². The van der Waals surface area contributed by atoms with Crippen LogP contribution < -0.4 is 4.74 Å². The third-order valence-corrected chi connectivity index (χ3v) is 3.10. The van der Waals surface area contributed by atoms with E-state index in [4.69, 9.17) is 9.84 Å². The number of methoxy groups -OCH3 is 1. The number of hydrogen-bond acceptors (Lipinski definition) is 2. The zero-order valence-electron chi connectivity index (χ0n) is 10.7. The summed E-state index contributed by atoms with van der Waals surface area (Å²) in [7, 11) is 1.61. The van der Waals surface area contributed by atoms with E-state index < -0.39 is 5.97 Å². The minimum absolute atomic E-state index is 0.0797. The molecule has 98 valence electrons. The molecule has 19 heavy (non-hydrogen) atoms. The molecule has 2 aromatic rings. The lowest BCUT2D eigenvalue weighted by molar-refractivity contribution is -0.137. The van der Waals surface area contributed by atoms with Crippen LogP contribution in [-0.4, -0.2) is 18.2 Å². The molecule has 0 radical (unpaired) electrons. The highest BCUT2D eigenvalue weighted by Crippen LogP contribution is 2.29. The molecule has 0 aliphatic rings. The Bertz CT molecular complexity index is 532. The molecule has 0 fully saturated rings. The summed E-state index contributed by atoms with van der Waals surface area (Å²) in [6.07, 6.45) is 0.0797. The van der Waals surface area contributed by atoms with Gasteiger partial charge < -0.3 is 9.84 Å². The molecule has 2 rings (SSSR count). The third kappa shape index (κ3) is 3.35. The predicted octanol–water partition coefficient (Wildman–Crippen LogP) is 3.30. The van der Waals surface area contributed by atoms with E-state index in [9.17, 15) is 4.79 Å². The normalized spacial score (nSPS) is 11.8. The highest BCUT2D eigenvalue weighted by molar-refractivity contribution is 5.69. The maximum Gasteiger partial charge on any atom is 0.304 e. The van der Waals surface area contributed by atoms with Gasteiger partial charge in [-0.15, -0.1) is 0 Å². The van der Waals surface area contributed by atoms with Gasteiger partial charge in [0, 0.05) is 5.92 Å². The summed E-state index contributed by atoms with van der Waals surface area (Å²) in [5.41, 5.74) is 1.99. The Balaban J connectivity index is 2.34. The van der Waals surface area contributed by atoms with E-state index in [0.717, 1.165) is 16.9 Å². The lowest BCUT2D eigenvalue weighted by Gasteiger charge is -2.16. The van der Waals surface area contributed by atoms with Crippen molar-refractivity contribution in [2.45, 2.75) is 12.3 Å². The Morgan fingerprint density at radius 3 is 2.16 bits per heavy atom. The number of carboxylic acid groups (broad SMARTS) is 1. The summed E-state index contributed by atoms with van der Waals surface area (Å²) in [6, 6.07) is 17.2. The number of carboxylic acids is 1. The van der Waals surface area contributed by atoms with Gasteiger partial charge in [-0.25, -0.2) is 0 Å². The van der Waals surface area contributed by atoms with Crippen molar-refractivity contribution in [1.82, 2.24) is 0 Å². The molecule has 0 saturated carbocycles. The second-order valence-electron chi connectivity index (χ2n) is 4.33. The summed E-state index contributed by atoms with van der Waals surface area (Å²) < 4.78 is 5.12. The SMILES string of the molecule is COc1ccc([C@H](CC(=O)O)c2ccccc2)cc1. The van der Waals surface area contributed by atoms with Gasteiger partial charge in [0.05, 0.1) is 13.5 Å². The highest BCUT2D eigenvalue weighted by Gasteiger charge is 2.17. The molecule has 1 atom stereocenters. The predicted molar refractivity (Wildman–Crippen MR) is 73.5 cm³/mol. The fraction of sp³-hybridized carbons (Fsp3) is 0.188. The minimum atomic E-state index is -0.801. The van der Waals surface area contributed by atoms with Crippen molar-refractivity contribution < 1.29 is 14.6 Å². The Kier molecular flexibility index (Phi) is 4.18. The first-order chi connectivity index (χ1) is 9.20. The molecule has 1 N–H and O–H groups in total. The van der Waals surface area contributed by atoms with Gasteiger partial charge in [0.2, 0.25) is 0 Å². The molecule has 0 aliphatic carbocycles. The van der Waals surface area contributed by atoms with Gasteiger partial charge in [0.15, 0.2) is 0 Å². The van der Waals surface area contributed by atoms with Gasteiger partial charge in [0.25, 0.3) is 0 Å². The molecule has 0 heterocycles. The van der Waals surface area contributed by atoms with Crippen molar-refractivity contribution in [3.63, 3.8) is 0 Å². The summed E-state index contributed by atoms with van der Waals surface area (Å²) in [5, 5.41) is 9.08. The van der Waals surface area contributed by atoms with Crippen LogP contribution in [0.3, 0.4) is 0 Å². The van der Waals surface area contributed by atoms with Gasteiger partial charge >= 0.3 is 5.97 Å². The van der Waals surface area contributed by atoms with E-state index in [1.54, 1.807) is 7.11 Å². The van der Waals surface area contributed by atoms with E-state index >= 15 is 0 Å². The summed E-state index contributed by atoms with van der Waals surface area (Å²) in [4.78, 5) is 11.1. The van der Waals surface area contributed by atoms with Crippen LogP contribution in [-0.2, 0) is 4.79 Å². The van der Waals surface area contributed by atoms with Crippen molar-refractivity contribution in [3.8, 4) is 5.75 Å². The van der Waals surface area contributed by atoms with Crippen LogP contribution in [0.1, 0.15) is 23.5 Å². The van der Waals surface area contributed by atoms with Crippen LogP contribution in [0.2, 0.25) is 0 Å². The molecule has 0 aromatic heterocycles. The van der Waals surface area contributed by atoms with Crippen LogP contribution in [0.15, 0.2) is 54.6 Å². The van der Waals surface area contributed by atoms with Crippen molar-refractivity contribution in [2.75, 3.05) is 7.11 Å². The van der Waals surface area contributed by atoms with Crippen LogP contribution in [0.25, 0.3) is 0 Å². The lowest BCUT2D eigenvalue weighted by Crippen LogP contribution is -2.07. The van der Waals surface area contributed by atoms with Crippen molar-refractivity contribution in [2.24, 2.45) is 0 Å². The summed E-state index contributed by atoms with van der Waals surface area (Å²) in [5.74, 6) is -0.167. The highest BCUT2D eigenvalue weighted by atomic mass is 16.5. The molecule has 0 saturated heterocycles. The number of carbonyl (C=O) groups is 1. The summed E-state index contributed by atoms with van der Waals surface area (Å²) in [6.45, 7) is 0. The first-order valence-electron chi connectivity index (χ1n) is 6.11. The number of hydrogen-bond donors (Lipinski definition) is 1. The zero-order chi connectivity index (χ0) is 13.7. The van der Waals surface area contributed by atoms with E-state index in [1.165, 1.54) is 0 Å². The Morgan fingerprint density at radius 2 is 1.63 bits per heavy atom. The molecule has 0 unspecified atom stereocenters. The molecule has 0 amide bonds. The van der Waals surface area contributed by atoms with Gasteiger partial charge in [-0.1, -0.05) is 42.5 Å².